The van der Waals surface area contributed by atoms with Gasteiger partial charge in [0.15, 0.2) is 0 Å². The molecule has 0 aliphatic heterocycles. The molecule has 8 heteroatoms. The van der Waals surface area contributed by atoms with Crippen LogP contribution in [-0.4, -0.2) is 52.4 Å². The predicted octanol–water partition coefficient (Wildman–Crippen LogP) is 7.75. The van der Waals surface area contributed by atoms with Gasteiger partial charge in [-0.05, 0) is 0 Å². The molecule has 0 saturated carbocycles. The van der Waals surface area contributed by atoms with Gasteiger partial charge in [-0.25, -0.2) is 0 Å². The molecule has 262 valence electrons. The Bertz CT molecular complexity index is 2150. The van der Waals surface area contributed by atoms with Crippen LogP contribution in [0.25, 0.3) is 21.5 Å². The first-order valence-corrected chi connectivity index (χ1v) is 23.7. The molecule has 0 aromatic heterocycles. The first kappa shape index (κ1) is 34.5. The Balaban J connectivity index is 1.10. The Morgan fingerprint density at radius 2 is 0.962 bits per heavy atom. The standard InChI is InChI=1S/C44H38O6Se2/c1-47-37-23-21-29-13-7-15-35(49-43(45)33-19-17-27-9-3-5-11-31(27)25-33)39(29)41(37)51-52-42-38(48-2)24-22-30-14-8-16-36(40(30)42)50-44(46)34-20-18-28-10-4-6-12-32(28)26-34/h3-6,9-12,17-26,35-36H,7-8,13-16H2,1-2H3/t35-,36-/m0/s1. The molecule has 0 amide bonds. The number of carbonyl (C=O) groups is 2. The van der Waals surface area contributed by atoms with Crippen molar-refractivity contribution in [2.75, 3.05) is 14.2 Å². The van der Waals surface area contributed by atoms with Gasteiger partial charge >= 0.3 is 316 Å². The second-order valence-corrected chi connectivity index (χ2v) is 19.2. The molecule has 6 aromatic carbocycles. The van der Waals surface area contributed by atoms with Crippen molar-refractivity contribution in [3.8, 4) is 11.5 Å². The van der Waals surface area contributed by atoms with Gasteiger partial charge in [0.2, 0.25) is 0 Å². The number of esters is 2. The third-order valence-corrected chi connectivity index (χ3v) is 17.3. The summed E-state index contributed by atoms with van der Waals surface area (Å²) in [6.45, 7) is 0. The van der Waals surface area contributed by atoms with Crippen molar-refractivity contribution in [3.05, 3.63) is 143 Å². The van der Waals surface area contributed by atoms with Crippen LogP contribution in [0.5, 0.6) is 11.5 Å². The first-order chi connectivity index (χ1) is 25.5. The zero-order valence-corrected chi connectivity index (χ0v) is 32.5. The summed E-state index contributed by atoms with van der Waals surface area (Å²) in [6, 6.07) is 35.9. The van der Waals surface area contributed by atoms with E-state index in [0.29, 0.717) is 11.1 Å². The molecule has 0 radical (unpaired) electrons. The van der Waals surface area contributed by atoms with E-state index in [4.69, 9.17) is 18.9 Å². The van der Waals surface area contributed by atoms with E-state index in [2.05, 4.69) is 24.3 Å². The molecule has 52 heavy (non-hydrogen) atoms. The number of methoxy groups -OCH3 is 2. The number of ether oxygens (including phenoxy) is 4. The number of benzene rings is 6. The van der Waals surface area contributed by atoms with Crippen LogP contribution in [0.15, 0.2) is 109 Å². The molecule has 2 aliphatic carbocycles. The molecule has 0 unspecified atom stereocenters. The minimum atomic E-state index is -0.368. The van der Waals surface area contributed by atoms with Gasteiger partial charge in [0.05, 0.1) is 0 Å². The van der Waals surface area contributed by atoms with E-state index in [1.165, 1.54) is 11.1 Å². The molecule has 6 nitrogen and oxygen atoms in total. The Labute approximate surface area is 314 Å². The fourth-order valence-electron chi connectivity index (χ4n) is 7.47. The zero-order valence-electron chi connectivity index (χ0n) is 29.1. The van der Waals surface area contributed by atoms with Crippen LogP contribution in [0.3, 0.4) is 0 Å². The van der Waals surface area contributed by atoms with Crippen LogP contribution in [0.1, 0.15) is 80.9 Å². The van der Waals surface area contributed by atoms with Gasteiger partial charge < -0.3 is 0 Å². The number of hydrogen-bond donors (Lipinski definition) is 0. The molecule has 6 aromatic rings. The number of rotatable bonds is 9. The van der Waals surface area contributed by atoms with Gasteiger partial charge in [-0.2, -0.15) is 0 Å². The third kappa shape index (κ3) is 6.85. The maximum absolute atomic E-state index is 13.6. The van der Waals surface area contributed by atoms with E-state index in [1.807, 2.05) is 84.9 Å². The van der Waals surface area contributed by atoms with Crippen LogP contribution in [-0.2, 0) is 22.3 Å². The van der Waals surface area contributed by atoms with Crippen molar-refractivity contribution in [2.24, 2.45) is 0 Å². The second-order valence-electron chi connectivity index (χ2n) is 13.2. The van der Waals surface area contributed by atoms with E-state index in [1.54, 1.807) is 14.2 Å². The van der Waals surface area contributed by atoms with Crippen molar-refractivity contribution in [1.82, 2.24) is 0 Å². The predicted molar refractivity (Wildman–Crippen MR) is 207 cm³/mol. The topological polar surface area (TPSA) is 71.1 Å². The SMILES string of the molecule is COc1ccc2c(c1[Se][Se]c1c(OC)ccc3c1[C@@H](OC(=O)c1ccc4ccccc4c1)CCC3)[C@@H](OC(=O)c1ccc3ccccc3c1)CCC2. The second kappa shape index (κ2) is 15.2. The number of carbonyl (C=O) groups excluding carboxylic acids is 2. The molecule has 0 N–H and O–H groups in total. The molecular formula is C44H38O6Se2. The summed E-state index contributed by atoms with van der Waals surface area (Å²) in [5, 5.41) is 4.19. The molecule has 0 fully saturated rings. The minimum absolute atomic E-state index is 0.0681. The van der Waals surface area contributed by atoms with E-state index in [9.17, 15) is 9.59 Å². The Morgan fingerprint density at radius 3 is 1.38 bits per heavy atom. The normalized spacial score (nSPS) is 16.5. The summed E-state index contributed by atoms with van der Waals surface area (Å²) in [6.07, 6.45) is 4.51. The van der Waals surface area contributed by atoms with Crippen molar-refractivity contribution in [3.63, 3.8) is 0 Å². The van der Waals surface area contributed by atoms with Gasteiger partial charge in [-0.1, -0.05) is 0 Å². The van der Waals surface area contributed by atoms with Gasteiger partial charge in [-0.15, -0.1) is 0 Å². The monoisotopic (exact) mass is 822 g/mol. The van der Waals surface area contributed by atoms with Gasteiger partial charge in [0.25, 0.3) is 0 Å². The maximum atomic E-state index is 13.6. The van der Waals surface area contributed by atoms with Crippen LogP contribution in [0.2, 0.25) is 0 Å². The fraction of sp³-hybridized carbons (Fsp3) is 0.227. The summed E-state index contributed by atoms with van der Waals surface area (Å²) >= 11 is -0.136. The van der Waals surface area contributed by atoms with Crippen LogP contribution in [0.4, 0.5) is 0 Å². The van der Waals surface area contributed by atoms with E-state index in [0.717, 1.165) is 91.6 Å². The van der Waals surface area contributed by atoms with E-state index in [-0.39, 0.29) is 50.4 Å². The van der Waals surface area contributed by atoms with Crippen LogP contribution in [0, 0.1) is 0 Å². The van der Waals surface area contributed by atoms with Crippen molar-refractivity contribution in [2.45, 2.75) is 50.7 Å². The number of fused-ring (bicyclic) bond motifs is 4. The molecule has 0 spiro atoms. The van der Waals surface area contributed by atoms with Crippen molar-refractivity contribution >= 4 is 68.7 Å². The van der Waals surface area contributed by atoms with Gasteiger partial charge in [0, 0.05) is 0 Å². The van der Waals surface area contributed by atoms with Crippen LogP contribution >= 0.6 is 0 Å². The summed E-state index contributed by atoms with van der Waals surface area (Å²) in [4.78, 5) is 27.3. The first-order valence-electron chi connectivity index (χ1n) is 17.6. The number of aryl methyl sites for hydroxylation is 2. The molecule has 2 atom stereocenters. The zero-order chi connectivity index (χ0) is 35.6. The van der Waals surface area contributed by atoms with Gasteiger partial charge in [0.1, 0.15) is 0 Å². The molecule has 8 rings (SSSR count). The average Bonchev–Trinajstić information content (AvgIpc) is 3.19. The summed E-state index contributed by atoms with van der Waals surface area (Å²) in [5.74, 6) is 1.00. The third-order valence-electron chi connectivity index (χ3n) is 10.1. The molecule has 2 aliphatic rings. The molecule has 0 bridgehead atoms. The van der Waals surface area contributed by atoms with Crippen molar-refractivity contribution < 1.29 is 28.5 Å². The summed E-state index contributed by atoms with van der Waals surface area (Å²) in [7, 11) is 3.42. The Hall–Kier alpha value is -4.58. The summed E-state index contributed by atoms with van der Waals surface area (Å²) in [5.41, 5.74) is 5.69. The Morgan fingerprint density at radius 1 is 0.538 bits per heavy atom. The van der Waals surface area contributed by atoms with Crippen molar-refractivity contribution in [1.29, 1.82) is 0 Å². The quantitative estimate of drug-likeness (QED) is 0.110. The average molecular weight is 821 g/mol. The molecule has 0 saturated heterocycles. The van der Waals surface area contributed by atoms with Crippen LogP contribution < -0.4 is 18.4 Å². The summed E-state index contributed by atoms with van der Waals surface area (Å²) < 4.78 is 26.9. The van der Waals surface area contributed by atoms with E-state index < -0.39 is 0 Å². The molecular weight excluding hydrogens is 782 g/mol. The molecule has 0 heterocycles. The number of hydrogen-bond acceptors (Lipinski definition) is 6. The Kier molecular flexibility index (Phi) is 10.1. The van der Waals surface area contributed by atoms with Gasteiger partial charge in [-0.3, -0.25) is 0 Å². The van der Waals surface area contributed by atoms with E-state index >= 15 is 0 Å². The fourth-order valence-corrected chi connectivity index (χ4v) is 15.8.